The normalized spacial score (nSPS) is 20.4. The number of carbonyl (C=O) groups is 5. The largest absolute Gasteiger partial charge is 0.496 e. The number of piperazine rings is 1. The fourth-order valence-electron chi connectivity index (χ4n) is 8.74. The fraction of sp³-hybridized carbons (Fsp3) is 0.450. The Morgan fingerprint density at radius 3 is 2.21 bits per heavy atom. The van der Waals surface area contributed by atoms with Crippen LogP contribution in [0.25, 0.3) is 11.1 Å². The number of amides is 6. The number of anilines is 1. The molecule has 16 heteroatoms. The summed E-state index contributed by atoms with van der Waals surface area (Å²) >= 11 is 0. The van der Waals surface area contributed by atoms with E-state index in [-0.39, 0.29) is 42.1 Å². The molecule has 1 atom stereocenters. The van der Waals surface area contributed by atoms with Crippen LogP contribution in [0.4, 0.5) is 10.5 Å². The monoisotopic (exact) mass is 766 g/mol. The Hall–Kier alpha value is -5.74. The van der Waals surface area contributed by atoms with Gasteiger partial charge in [0.2, 0.25) is 11.8 Å². The second-order valence-electron chi connectivity index (χ2n) is 15.0. The highest BCUT2D eigenvalue weighted by Gasteiger charge is 2.45. The lowest BCUT2D eigenvalue weighted by Crippen LogP contribution is -2.63. The highest BCUT2D eigenvalue weighted by Crippen LogP contribution is 2.39. The molecule has 1 unspecified atom stereocenters. The molecule has 0 bridgehead atoms. The van der Waals surface area contributed by atoms with E-state index in [1.807, 2.05) is 24.4 Å². The molecular formula is C40H46N8O8. The van der Waals surface area contributed by atoms with E-state index in [1.165, 1.54) is 0 Å². The van der Waals surface area contributed by atoms with E-state index in [9.17, 15) is 28.8 Å². The molecule has 6 heterocycles. The van der Waals surface area contributed by atoms with Gasteiger partial charge < -0.3 is 29.2 Å². The summed E-state index contributed by atoms with van der Waals surface area (Å²) in [5.74, 6) is -0.613. The SMILES string of the molecule is CNC(=O)N1CCc2c(-c3cc(OC)c(CN4CCN(C5CN(c6ccc7c(c6)C(=O)N(C6CCC(=O)NC6=O)C7=O)C5)CC4)c(OC)c3)cn(C)c(=O)c2C1. The minimum absolute atomic E-state index is 0.0816. The Balaban J connectivity index is 0.903. The van der Waals surface area contributed by atoms with Gasteiger partial charge in [-0.1, -0.05) is 0 Å². The lowest BCUT2D eigenvalue weighted by Gasteiger charge is -2.49. The summed E-state index contributed by atoms with van der Waals surface area (Å²) in [6.45, 7) is 6.46. The van der Waals surface area contributed by atoms with Gasteiger partial charge in [0, 0.05) is 102 Å². The van der Waals surface area contributed by atoms with Crippen molar-refractivity contribution in [2.75, 3.05) is 72.0 Å². The van der Waals surface area contributed by atoms with Crippen LogP contribution < -0.4 is 30.6 Å². The number of nitrogens with one attached hydrogen (secondary N) is 2. The maximum atomic E-state index is 13.3. The molecule has 0 spiro atoms. The molecule has 3 saturated heterocycles. The number of hydrogen-bond acceptors (Lipinski definition) is 11. The van der Waals surface area contributed by atoms with Crippen LogP contribution in [0.1, 0.15) is 50.2 Å². The molecule has 0 aliphatic carbocycles. The number of rotatable bonds is 8. The first kappa shape index (κ1) is 37.2. The van der Waals surface area contributed by atoms with E-state index in [1.54, 1.807) is 49.9 Å². The number of urea groups is 1. The second kappa shape index (κ2) is 14.7. The van der Waals surface area contributed by atoms with Gasteiger partial charge in [-0.3, -0.25) is 44.0 Å². The zero-order valence-corrected chi connectivity index (χ0v) is 32.1. The predicted molar refractivity (Wildman–Crippen MR) is 205 cm³/mol. The number of methoxy groups -OCH3 is 2. The molecule has 56 heavy (non-hydrogen) atoms. The van der Waals surface area contributed by atoms with Crippen molar-refractivity contribution in [2.24, 2.45) is 7.05 Å². The molecule has 2 aromatic carbocycles. The number of pyridine rings is 1. The Bertz CT molecular complexity index is 2180. The third-order valence-corrected chi connectivity index (χ3v) is 11.9. The molecular weight excluding hydrogens is 720 g/mol. The Labute approximate surface area is 323 Å². The molecule has 16 nitrogen and oxygen atoms in total. The molecule has 0 saturated carbocycles. The minimum atomic E-state index is -0.986. The summed E-state index contributed by atoms with van der Waals surface area (Å²) in [7, 11) is 6.63. The third kappa shape index (κ3) is 6.45. The van der Waals surface area contributed by atoms with Crippen LogP contribution in [0.2, 0.25) is 0 Å². The van der Waals surface area contributed by atoms with Gasteiger partial charge in [0.25, 0.3) is 17.4 Å². The van der Waals surface area contributed by atoms with Gasteiger partial charge >= 0.3 is 6.03 Å². The number of aromatic nitrogens is 1. The number of hydrogen-bond donors (Lipinski definition) is 2. The van der Waals surface area contributed by atoms with Crippen molar-refractivity contribution >= 4 is 35.3 Å². The smallest absolute Gasteiger partial charge is 0.317 e. The summed E-state index contributed by atoms with van der Waals surface area (Å²) in [6.07, 6.45) is 2.62. The summed E-state index contributed by atoms with van der Waals surface area (Å²) in [5, 5.41) is 4.90. The van der Waals surface area contributed by atoms with Gasteiger partial charge in [-0.05, 0) is 54.3 Å². The minimum Gasteiger partial charge on any atom is -0.496 e. The van der Waals surface area contributed by atoms with Crippen LogP contribution >= 0.6 is 0 Å². The van der Waals surface area contributed by atoms with Gasteiger partial charge in [0.15, 0.2) is 0 Å². The van der Waals surface area contributed by atoms with Crippen LogP contribution in [-0.2, 0) is 36.1 Å². The number of carbonyl (C=O) groups excluding carboxylic acids is 5. The van der Waals surface area contributed by atoms with Crippen LogP contribution in [0.3, 0.4) is 0 Å². The molecule has 294 valence electrons. The Kier molecular flexibility index (Phi) is 9.78. The van der Waals surface area contributed by atoms with Gasteiger partial charge in [-0.25, -0.2) is 4.79 Å². The van der Waals surface area contributed by atoms with E-state index in [4.69, 9.17) is 9.47 Å². The van der Waals surface area contributed by atoms with Crippen LogP contribution in [-0.4, -0.2) is 133 Å². The van der Waals surface area contributed by atoms with Gasteiger partial charge in [-0.15, -0.1) is 0 Å². The number of fused-ring (bicyclic) bond motifs is 2. The van der Waals surface area contributed by atoms with Gasteiger partial charge in [0.05, 0.1) is 37.5 Å². The number of imide groups is 2. The molecule has 6 amide bonds. The van der Waals surface area contributed by atoms with E-state index >= 15 is 0 Å². The van der Waals surface area contributed by atoms with Crippen LogP contribution in [0, 0.1) is 0 Å². The lowest BCUT2D eigenvalue weighted by molar-refractivity contribution is -0.136. The zero-order valence-electron chi connectivity index (χ0n) is 32.1. The van der Waals surface area contributed by atoms with E-state index in [2.05, 4.69) is 25.3 Å². The lowest BCUT2D eigenvalue weighted by atomic mass is 9.91. The Morgan fingerprint density at radius 1 is 0.857 bits per heavy atom. The first-order valence-corrected chi connectivity index (χ1v) is 19.0. The average molecular weight is 767 g/mol. The maximum absolute atomic E-state index is 13.3. The molecule has 8 rings (SSSR count). The number of ether oxygens (including phenoxy) is 2. The first-order chi connectivity index (χ1) is 27.0. The average Bonchev–Trinajstić information content (AvgIpc) is 3.43. The quantitative estimate of drug-likeness (QED) is 0.317. The number of benzene rings is 2. The third-order valence-electron chi connectivity index (χ3n) is 11.9. The molecule has 5 aliphatic heterocycles. The summed E-state index contributed by atoms with van der Waals surface area (Å²) < 4.78 is 13.5. The van der Waals surface area contributed by atoms with Crippen molar-refractivity contribution in [3.05, 3.63) is 74.7 Å². The molecule has 5 aliphatic rings. The highest BCUT2D eigenvalue weighted by atomic mass is 16.5. The topological polar surface area (TPSA) is 166 Å². The maximum Gasteiger partial charge on any atom is 0.317 e. The summed E-state index contributed by atoms with van der Waals surface area (Å²) in [6, 6.07) is 8.44. The fourth-order valence-corrected chi connectivity index (χ4v) is 8.74. The van der Waals surface area contributed by atoms with Gasteiger partial charge in [0.1, 0.15) is 17.5 Å². The summed E-state index contributed by atoms with van der Waals surface area (Å²) in [5.41, 5.74) is 5.62. The summed E-state index contributed by atoms with van der Waals surface area (Å²) in [4.78, 5) is 85.8. The van der Waals surface area contributed by atoms with Crippen molar-refractivity contribution < 1.29 is 33.4 Å². The van der Waals surface area contributed by atoms with Crippen molar-refractivity contribution in [1.29, 1.82) is 0 Å². The molecule has 3 fully saturated rings. The first-order valence-electron chi connectivity index (χ1n) is 19.0. The van der Waals surface area contributed by atoms with Crippen molar-refractivity contribution in [1.82, 2.24) is 34.8 Å². The molecule has 0 radical (unpaired) electrons. The molecule has 3 aromatic rings. The number of nitrogens with zero attached hydrogens (tertiary/aromatic N) is 6. The second-order valence-corrected chi connectivity index (χ2v) is 15.0. The predicted octanol–water partition coefficient (Wildman–Crippen LogP) is 1.17. The van der Waals surface area contributed by atoms with E-state index in [0.717, 1.165) is 72.1 Å². The van der Waals surface area contributed by atoms with Crippen molar-refractivity contribution in [2.45, 2.75) is 44.4 Å². The van der Waals surface area contributed by atoms with E-state index in [0.29, 0.717) is 42.6 Å². The standard InChI is InChI=1S/C40H46N8O8/c1-41-40(54)46-10-9-26-29(20-43(2)37(51)30(26)22-46)23-15-33(55-3)31(34(16-23)56-4)21-44-11-13-45(14-12-44)25-18-47(19-25)24-5-6-27-28(17-24)39(53)48(38(27)52)32-7-8-35(49)42-36(32)50/h5-6,15-17,20,25,32H,7-14,18-19,21-22H2,1-4H3,(H,41,54)(H,42,49,50). The Morgan fingerprint density at radius 2 is 1.55 bits per heavy atom. The molecule has 2 N–H and O–H groups in total. The van der Waals surface area contributed by atoms with Crippen LogP contribution in [0.5, 0.6) is 11.5 Å². The van der Waals surface area contributed by atoms with Crippen LogP contribution in [0.15, 0.2) is 41.3 Å². The number of aryl methyl sites for hydroxylation is 1. The number of piperidine rings is 1. The highest BCUT2D eigenvalue weighted by molar-refractivity contribution is 6.23. The molecule has 1 aromatic heterocycles. The van der Waals surface area contributed by atoms with Crippen molar-refractivity contribution in [3.8, 4) is 22.6 Å². The van der Waals surface area contributed by atoms with Gasteiger partial charge in [-0.2, -0.15) is 0 Å². The zero-order chi connectivity index (χ0) is 39.4. The van der Waals surface area contributed by atoms with E-state index < -0.39 is 29.7 Å². The van der Waals surface area contributed by atoms with Crippen molar-refractivity contribution in [3.63, 3.8) is 0 Å².